The number of benzene rings is 1. The van der Waals surface area contributed by atoms with Crippen LogP contribution in [-0.4, -0.2) is 24.3 Å². The van der Waals surface area contributed by atoms with E-state index in [9.17, 15) is 14.9 Å². The van der Waals surface area contributed by atoms with Crippen molar-refractivity contribution < 1.29 is 4.92 Å². The van der Waals surface area contributed by atoms with Crippen LogP contribution >= 0.6 is 0 Å². The van der Waals surface area contributed by atoms with Crippen molar-refractivity contribution >= 4 is 28.2 Å². The van der Waals surface area contributed by atoms with E-state index in [1.807, 2.05) is 23.7 Å². The summed E-state index contributed by atoms with van der Waals surface area (Å²) in [4.78, 5) is 27.7. The van der Waals surface area contributed by atoms with Crippen molar-refractivity contribution in [2.75, 3.05) is 0 Å². The Morgan fingerprint density at radius 1 is 1.36 bits per heavy atom. The van der Waals surface area contributed by atoms with E-state index in [0.717, 1.165) is 17.8 Å². The third kappa shape index (κ3) is 2.42. The first-order chi connectivity index (χ1) is 12.1. The quantitative estimate of drug-likeness (QED) is 0.540. The fraction of sp³-hybridized carbons (Fsp3) is 0.235. The second kappa shape index (κ2) is 5.66. The van der Waals surface area contributed by atoms with Gasteiger partial charge in [-0.15, -0.1) is 0 Å². The standard InChI is InChI=1S/C17H15N5O3/c1-2-21-12(5-7-18-21)9-11-6-8-20-16(11)19-15-4-3-13(22(24)25)10-14(15)17(20)23/h3-5,7,9-10H,2,6,8H2,1H3/b11-9-. The summed E-state index contributed by atoms with van der Waals surface area (Å²) < 4.78 is 3.46. The van der Waals surface area contributed by atoms with Gasteiger partial charge in [0.05, 0.1) is 21.5 Å². The molecule has 25 heavy (non-hydrogen) atoms. The number of nitro benzene ring substituents is 1. The predicted molar refractivity (Wildman–Crippen MR) is 93.0 cm³/mol. The Hall–Kier alpha value is -3.29. The predicted octanol–water partition coefficient (Wildman–Crippen LogP) is 2.47. The average molecular weight is 337 g/mol. The number of non-ortho nitro benzene ring substituents is 1. The molecule has 0 aliphatic carbocycles. The maximum Gasteiger partial charge on any atom is 0.270 e. The van der Waals surface area contributed by atoms with E-state index >= 15 is 0 Å². The molecule has 1 aromatic carbocycles. The molecule has 0 unspecified atom stereocenters. The van der Waals surface area contributed by atoms with Crippen LogP contribution in [0.4, 0.5) is 5.69 Å². The maximum atomic E-state index is 12.7. The van der Waals surface area contributed by atoms with Crippen LogP contribution in [0.15, 0.2) is 35.3 Å². The summed E-state index contributed by atoms with van der Waals surface area (Å²) >= 11 is 0. The van der Waals surface area contributed by atoms with E-state index in [-0.39, 0.29) is 16.6 Å². The zero-order chi connectivity index (χ0) is 17.6. The van der Waals surface area contributed by atoms with Crippen molar-refractivity contribution in [2.24, 2.45) is 0 Å². The second-order valence-electron chi connectivity index (χ2n) is 5.84. The largest absolute Gasteiger partial charge is 0.292 e. The molecule has 0 saturated heterocycles. The van der Waals surface area contributed by atoms with E-state index in [2.05, 4.69) is 10.1 Å². The van der Waals surface area contributed by atoms with Crippen molar-refractivity contribution in [2.45, 2.75) is 26.4 Å². The lowest BCUT2D eigenvalue weighted by atomic mass is 10.1. The molecule has 0 radical (unpaired) electrons. The number of hydrogen-bond acceptors (Lipinski definition) is 5. The number of hydrogen-bond donors (Lipinski definition) is 0. The van der Waals surface area contributed by atoms with Crippen LogP contribution in [0.1, 0.15) is 24.9 Å². The highest BCUT2D eigenvalue weighted by Crippen LogP contribution is 2.28. The van der Waals surface area contributed by atoms with Gasteiger partial charge in [-0.05, 0) is 37.1 Å². The first-order valence-corrected chi connectivity index (χ1v) is 8.00. The van der Waals surface area contributed by atoms with Crippen LogP contribution in [-0.2, 0) is 13.1 Å². The fourth-order valence-electron chi connectivity index (χ4n) is 3.16. The molecule has 8 heteroatoms. The van der Waals surface area contributed by atoms with Gasteiger partial charge in [-0.1, -0.05) is 0 Å². The molecule has 3 aromatic rings. The average Bonchev–Trinajstić information content (AvgIpc) is 3.22. The van der Waals surface area contributed by atoms with Gasteiger partial charge in [-0.2, -0.15) is 5.10 Å². The molecule has 2 aromatic heterocycles. The van der Waals surface area contributed by atoms with Crippen molar-refractivity contribution in [3.63, 3.8) is 0 Å². The van der Waals surface area contributed by atoms with Gasteiger partial charge in [-0.3, -0.25) is 24.2 Å². The molecule has 0 amide bonds. The van der Waals surface area contributed by atoms with Gasteiger partial charge in [0.25, 0.3) is 11.2 Å². The molecule has 126 valence electrons. The van der Waals surface area contributed by atoms with Crippen LogP contribution in [0.5, 0.6) is 0 Å². The number of aromatic nitrogens is 4. The molecule has 1 aliphatic rings. The molecule has 4 rings (SSSR count). The SMILES string of the molecule is CCn1nccc1/C=C1/CCn2c1nc1ccc([N+](=O)[O-])cc1c2=O. The third-order valence-corrected chi connectivity index (χ3v) is 4.41. The van der Waals surface area contributed by atoms with E-state index in [0.29, 0.717) is 24.3 Å². The summed E-state index contributed by atoms with van der Waals surface area (Å²) in [5.41, 5.74) is 2.05. The van der Waals surface area contributed by atoms with E-state index in [1.54, 1.807) is 10.8 Å². The molecular formula is C17H15N5O3. The number of nitrogens with zero attached hydrogens (tertiary/aromatic N) is 5. The Kier molecular flexibility index (Phi) is 3.45. The summed E-state index contributed by atoms with van der Waals surface area (Å²) in [6.07, 6.45) is 4.43. The minimum Gasteiger partial charge on any atom is -0.292 e. The van der Waals surface area contributed by atoms with Crippen molar-refractivity contribution in [1.82, 2.24) is 19.3 Å². The Bertz CT molecular complexity index is 1090. The summed E-state index contributed by atoms with van der Waals surface area (Å²) in [6.45, 7) is 3.29. The highest BCUT2D eigenvalue weighted by atomic mass is 16.6. The number of rotatable bonds is 3. The summed E-state index contributed by atoms with van der Waals surface area (Å²) in [6, 6.07) is 6.12. The zero-order valence-corrected chi connectivity index (χ0v) is 13.5. The molecule has 1 aliphatic heterocycles. The van der Waals surface area contributed by atoms with E-state index in [1.165, 1.54) is 18.2 Å². The first-order valence-electron chi connectivity index (χ1n) is 8.00. The highest BCUT2D eigenvalue weighted by molar-refractivity contribution is 5.85. The molecule has 0 saturated carbocycles. The lowest BCUT2D eigenvalue weighted by Crippen LogP contribution is -2.20. The maximum absolute atomic E-state index is 12.7. The van der Waals surface area contributed by atoms with Crippen LogP contribution < -0.4 is 5.56 Å². The summed E-state index contributed by atoms with van der Waals surface area (Å²) in [7, 11) is 0. The molecule has 0 N–H and O–H groups in total. The van der Waals surface area contributed by atoms with Crippen LogP contribution in [0.3, 0.4) is 0 Å². The van der Waals surface area contributed by atoms with Crippen molar-refractivity contribution in [3.8, 4) is 0 Å². The van der Waals surface area contributed by atoms with Gasteiger partial charge in [-0.25, -0.2) is 4.98 Å². The smallest absolute Gasteiger partial charge is 0.270 e. The van der Waals surface area contributed by atoms with Crippen molar-refractivity contribution in [3.05, 3.63) is 62.4 Å². The molecular weight excluding hydrogens is 322 g/mol. The van der Waals surface area contributed by atoms with Crippen LogP contribution in [0, 0.1) is 10.1 Å². The molecule has 0 atom stereocenters. The molecule has 8 nitrogen and oxygen atoms in total. The van der Waals surface area contributed by atoms with Gasteiger partial charge in [0.2, 0.25) is 0 Å². The number of allylic oxidation sites excluding steroid dienone is 1. The summed E-state index contributed by atoms with van der Waals surface area (Å²) in [5.74, 6) is 0.621. The molecule has 0 spiro atoms. The van der Waals surface area contributed by atoms with Crippen LogP contribution in [0.25, 0.3) is 22.6 Å². The Labute approximate surface area is 142 Å². The number of aryl methyl sites for hydroxylation is 1. The van der Waals surface area contributed by atoms with E-state index < -0.39 is 4.92 Å². The van der Waals surface area contributed by atoms with Gasteiger partial charge < -0.3 is 0 Å². The van der Waals surface area contributed by atoms with Gasteiger partial charge in [0, 0.05) is 31.4 Å². The van der Waals surface area contributed by atoms with E-state index in [4.69, 9.17) is 0 Å². The second-order valence-corrected chi connectivity index (χ2v) is 5.84. The van der Waals surface area contributed by atoms with Crippen molar-refractivity contribution in [1.29, 1.82) is 0 Å². The minimum atomic E-state index is -0.506. The summed E-state index contributed by atoms with van der Waals surface area (Å²) in [5, 5.41) is 15.5. The Morgan fingerprint density at radius 3 is 2.96 bits per heavy atom. The lowest BCUT2D eigenvalue weighted by Gasteiger charge is -2.06. The minimum absolute atomic E-state index is 0.104. The third-order valence-electron chi connectivity index (χ3n) is 4.41. The fourth-order valence-corrected chi connectivity index (χ4v) is 3.16. The van der Waals surface area contributed by atoms with Gasteiger partial charge >= 0.3 is 0 Å². The number of fused-ring (bicyclic) bond motifs is 2. The first kappa shape index (κ1) is 15.3. The lowest BCUT2D eigenvalue weighted by molar-refractivity contribution is -0.384. The Morgan fingerprint density at radius 2 is 2.20 bits per heavy atom. The normalized spacial score (nSPS) is 15.0. The highest BCUT2D eigenvalue weighted by Gasteiger charge is 2.22. The van der Waals surface area contributed by atoms with Crippen LogP contribution in [0.2, 0.25) is 0 Å². The van der Waals surface area contributed by atoms with Gasteiger partial charge in [0.1, 0.15) is 5.82 Å². The number of nitro groups is 1. The molecule has 0 fully saturated rings. The molecule has 0 bridgehead atoms. The Balaban J connectivity index is 1.88. The molecule has 3 heterocycles. The van der Waals surface area contributed by atoms with Gasteiger partial charge in [0.15, 0.2) is 0 Å². The zero-order valence-electron chi connectivity index (χ0n) is 13.5. The monoisotopic (exact) mass is 337 g/mol. The topological polar surface area (TPSA) is 95.8 Å².